The van der Waals surface area contributed by atoms with Gasteiger partial charge in [-0.1, -0.05) is 0 Å². The van der Waals surface area contributed by atoms with Crippen molar-refractivity contribution >= 4 is 5.91 Å². The molecule has 1 heterocycles. The van der Waals surface area contributed by atoms with E-state index in [1.807, 2.05) is 13.8 Å². The highest BCUT2D eigenvalue weighted by molar-refractivity contribution is 5.82. The first-order valence-corrected chi connectivity index (χ1v) is 5.06. The van der Waals surface area contributed by atoms with E-state index in [4.69, 9.17) is 10.5 Å². The summed E-state index contributed by atoms with van der Waals surface area (Å²) in [6.07, 6.45) is 1.80. The monoisotopic (exact) mass is 200 g/mol. The fourth-order valence-electron chi connectivity index (χ4n) is 1.65. The van der Waals surface area contributed by atoms with E-state index in [9.17, 15) is 4.79 Å². The van der Waals surface area contributed by atoms with E-state index in [0.717, 1.165) is 19.4 Å². The van der Waals surface area contributed by atoms with Crippen molar-refractivity contribution < 1.29 is 9.53 Å². The minimum absolute atomic E-state index is 0.0568. The van der Waals surface area contributed by atoms with Crippen LogP contribution in [0, 0.1) is 0 Å². The van der Waals surface area contributed by atoms with Crippen LogP contribution >= 0.6 is 0 Å². The molecule has 1 unspecified atom stereocenters. The van der Waals surface area contributed by atoms with Gasteiger partial charge in [-0.05, 0) is 26.7 Å². The van der Waals surface area contributed by atoms with Gasteiger partial charge in [0.05, 0.1) is 11.6 Å². The number of ether oxygens (including phenoxy) is 1. The summed E-state index contributed by atoms with van der Waals surface area (Å²) >= 11 is 0. The molecule has 2 N–H and O–H groups in total. The van der Waals surface area contributed by atoms with Gasteiger partial charge in [0.15, 0.2) is 0 Å². The van der Waals surface area contributed by atoms with Crippen molar-refractivity contribution in [1.82, 2.24) is 4.90 Å². The molecule has 4 nitrogen and oxygen atoms in total. The number of carbonyl (C=O) groups excluding carboxylic acids is 1. The Hall–Kier alpha value is -0.610. The molecule has 0 aromatic heterocycles. The average Bonchev–Trinajstić information content (AvgIpc) is 2.13. The Labute approximate surface area is 85.4 Å². The predicted molar refractivity (Wildman–Crippen MR) is 54.9 cm³/mol. The number of methoxy groups -OCH3 is 1. The van der Waals surface area contributed by atoms with Gasteiger partial charge in [0.1, 0.15) is 0 Å². The van der Waals surface area contributed by atoms with Crippen LogP contribution in [0.25, 0.3) is 0 Å². The van der Waals surface area contributed by atoms with Gasteiger partial charge in [0, 0.05) is 20.2 Å². The van der Waals surface area contributed by atoms with Crippen molar-refractivity contribution in [1.29, 1.82) is 0 Å². The number of nitrogens with two attached hydrogens (primary N) is 1. The van der Waals surface area contributed by atoms with Crippen LogP contribution in [0.1, 0.15) is 26.7 Å². The highest BCUT2D eigenvalue weighted by Gasteiger charge is 2.30. The van der Waals surface area contributed by atoms with Gasteiger partial charge in [-0.25, -0.2) is 0 Å². The Kier molecular flexibility index (Phi) is 3.50. The van der Waals surface area contributed by atoms with Crippen LogP contribution in [0.3, 0.4) is 0 Å². The molecule has 1 aliphatic heterocycles. The van der Waals surface area contributed by atoms with Crippen LogP contribution in [-0.2, 0) is 9.53 Å². The molecular weight excluding hydrogens is 180 g/mol. The summed E-state index contributed by atoms with van der Waals surface area (Å²) in [5.74, 6) is 0.0568. The standard InChI is InChI=1S/C10H20N2O2/c1-10(2,14-3)7-12-6-4-5-8(11)9(12)13/h8H,4-7,11H2,1-3H3. The number of carbonyl (C=O) groups is 1. The van der Waals surface area contributed by atoms with Crippen LogP contribution in [0.4, 0.5) is 0 Å². The molecule has 1 atom stereocenters. The van der Waals surface area contributed by atoms with E-state index >= 15 is 0 Å². The molecule has 0 saturated carbocycles. The summed E-state index contributed by atoms with van der Waals surface area (Å²) in [6.45, 7) is 5.37. The number of hydrogen-bond acceptors (Lipinski definition) is 3. The first-order valence-electron chi connectivity index (χ1n) is 5.06. The lowest BCUT2D eigenvalue weighted by Crippen LogP contribution is -2.52. The molecule has 1 rings (SSSR count). The molecule has 1 fully saturated rings. The normalized spacial score (nSPS) is 24.1. The minimum atomic E-state index is -0.309. The minimum Gasteiger partial charge on any atom is -0.377 e. The Morgan fingerprint density at radius 2 is 2.29 bits per heavy atom. The molecule has 0 bridgehead atoms. The molecule has 82 valence electrons. The van der Waals surface area contributed by atoms with Gasteiger partial charge in [-0.2, -0.15) is 0 Å². The van der Waals surface area contributed by atoms with E-state index in [0.29, 0.717) is 6.54 Å². The molecule has 0 spiro atoms. The van der Waals surface area contributed by atoms with E-state index in [1.165, 1.54) is 0 Å². The van der Waals surface area contributed by atoms with Gasteiger partial charge < -0.3 is 15.4 Å². The van der Waals surface area contributed by atoms with E-state index in [2.05, 4.69) is 0 Å². The summed E-state index contributed by atoms with van der Waals surface area (Å²) in [4.78, 5) is 13.5. The van der Waals surface area contributed by atoms with Crippen LogP contribution in [0.5, 0.6) is 0 Å². The fourth-order valence-corrected chi connectivity index (χ4v) is 1.65. The first kappa shape index (κ1) is 11.5. The van der Waals surface area contributed by atoms with Gasteiger partial charge in [0.2, 0.25) is 5.91 Å². The average molecular weight is 200 g/mol. The third kappa shape index (κ3) is 2.69. The number of likely N-dealkylation sites (tertiary alicyclic amines) is 1. The number of hydrogen-bond donors (Lipinski definition) is 1. The van der Waals surface area contributed by atoms with Crippen molar-refractivity contribution in [3.63, 3.8) is 0 Å². The highest BCUT2D eigenvalue weighted by Crippen LogP contribution is 2.15. The Balaban J connectivity index is 2.55. The van der Waals surface area contributed by atoms with Crippen molar-refractivity contribution in [2.75, 3.05) is 20.2 Å². The van der Waals surface area contributed by atoms with Gasteiger partial charge in [-0.3, -0.25) is 4.79 Å². The molecular formula is C10H20N2O2. The summed E-state index contributed by atoms with van der Waals surface area (Å²) in [7, 11) is 1.66. The number of amides is 1. The zero-order valence-corrected chi connectivity index (χ0v) is 9.25. The second-order valence-corrected chi connectivity index (χ2v) is 4.47. The van der Waals surface area contributed by atoms with Gasteiger partial charge >= 0.3 is 0 Å². The first-order chi connectivity index (χ1) is 6.46. The lowest BCUT2D eigenvalue weighted by atomic mass is 10.0. The smallest absolute Gasteiger partial charge is 0.239 e. The van der Waals surface area contributed by atoms with E-state index < -0.39 is 0 Å². The van der Waals surface area contributed by atoms with Crippen molar-refractivity contribution in [3.8, 4) is 0 Å². The zero-order valence-electron chi connectivity index (χ0n) is 9.25. The highest BCUT2D eigenvalue weighted by atomic mass is 16.5. The maximum Gasteiger partial charge on any atom is 0.239 e. The summed E-state index contributed by atoms with van der Waals surface area (Å²) in [6, 6.07) is -0.309. The van der Waals surface area contributed by atoms with E-state index in [1.54, 1.807) is 12.0 Å². The lowest BCUT2D eigenvalue weighted by Gasteiger charge is -2.36. The Morgan fingerprint density at radius 1 is 1.64 bits per heavy atom. The fraction of sp³-hybridized carbons (Fsp3) is 0.900. The second-order valence-electron chi connectivity index (χ2n) is 4.47. The molecule has 0 aromatic rings. The van der Waals surface area contributed by atoms with Gasteiger partial charge in [0.25, 0.3) is 0 Å². The predicted octanol–water partition coefficient (Wildman–Crippen LogP) is 0.361. The second kappa shape index (κ2) is 4.28. The third-order valence-electron chi connectivity index (χ3n) is 2.70. The molecule has 1 aliphatic rings. The number of piperidine rings is 1. The summed E-state index contributed by atoms with van der Waals surface area (Å²) in [5, 5.41) is 0. The van der Waals surface area contributed by atoms with Gasteiger partial charge in [-0.15, -0.1) is 0 Å². The third-order valence-corrected chi connectivity index (χ3v) is 2.70. The van der Waals surface area contributed by atoms with E-state index in [-0.39, 0.29) is 17.6 Å². The van der Waals surface area contributed by atoms with Crippen LogP contribution in [0.2, 0.25) is 0 Å². The SMILES string of the molecule is COC(C)(C)CN1CCCC(N)C1=O. The largest absolute Gasteiger partial charge is 0.377 e. The molecule has 1 amide bonds. The molecule has 0 radical (unpaired) electrons. The van der Waals surface area contributed by atoms with Crippen LogP contribution < -0.4 is 5.73 Å². The van der Waals surface area contributed by atoms with Crippen LogP contribution in [-0.4, -0.2) is 42.6 Å². The molecule has 4 heteroatoms. The summed E-state index contributed by atoms with van der Waals surface area (Å²) < 4.78 is 5.29. The van der Waals surface area contributed by atoms with Crippen LogP contribution in [0.15, 0.2) is 0 Å². The Bertz CT molecular complexity index is 216. The molecule has 0 aromatic carbocycles. The number of nitrogens with zero attached hydrogens (tertiary/aromatic N) is 1. The van der Waals surface area contributed by atoms with Crippen molar-refractivity contribution in [3.05, 3.63) is 0 Å². The Morgan fingerprint density at radius 3 is 2.86 bits per heavy atom. The molecule has 0 aliphatic carbocycles. The van der Waals surface area contributed by atoms with Crippen molar-refractivity contribution in [2.24, 2.45) is 5.73 Å². The maximum atomic E-state index is 11.7. The maximum absolute atomic E-state index is 11.7. The number of rotatable bonds is 3. The zero-order chi connectivity index (χ0) is 10.8. The topological polar surface area (TPSA) is 55.6 Å². The van der Waals surface area contributed by atoms with Crippen molar-refractivity contribution in [2.45, 2.75) is 38.3 Å². The molecule has 1 saturated heterocycles. The molecule has 14 heavy (non-hydrogen) atoms. The summed E-state index contributed by atoms with van der Waals surface area (Å²) in [5.41, 5.74) is 5.41. The lowest BCUT2D eigenvalue weighted by molar-refractivity contribution is -0.138. The quantitative estimate of drug-likeness (QED) is 0.715.